The Morgan fingerprint density at radius 2 is 1.75 bits per heavy atom. The third-order valence-electron chi connectivity index (χ3n) is 4.12. The van der Waals surface area contributed by atoms with E-state index in [0.29, 0.717) is 5.57 Å². The minimum Gasteiger partial charge on any atom is -0.457 e. The van der Waals surface area contributed by atoms with Crippen LogP contribution in [0.1, 0.15) is 32.3 Å². The zero-order valence-electron chi connectivity index (χ0n) is 13.5. The SMILES string of the molecule is CC1(C)OC(=O)C2(CC=C(C(=O)OCc3ccccc3)C2)C(=O)O1. The summed E-state index contributed by atoms with van der Waals surface area (Å²) in [7, 11) is 0. The van der Waals surface area contributed by atoms with Crippen LogP contribution < -0.4 is 0 Å². The summed E-state index contributed by atoms with van der Waals surface area (Å²) in [5.74, 6) is -3.14. The third kappa shape index (κ3) is 2.91. The molecule has 1 aliphatic heterocycles. The number of benzene rings is 1. The Kier molecular flexibility index (Phi) is 3.91. The Bertz CT molecular complexity index is 696. The van der Waals surface area contributed by atoms with E-state index < -0.39 is 29.1 Å². The Balaban J connectivity index is 1.65. The quantitative estimate of drug-likeness (QED) is 0.625. The van der Waals surface area contributed by atoms with Gasteiger partial charge in [-0.3, -0.25) is 9.59 Å². The van der Waals surface area contributed by atoms with Crippen LogP contribution in [-0.4, -0.2) is 23.7 Å². The number of cyclic esters (lactones) is 2. The smallest absolute Gasteiger partial charge is 0.334 e. The molecule has 1 spiro atoms. The number of hydrogen-bond donors (Lipinski definition) is 0. The van der Waals surface area contributed by atoms with E-state index in [1.54, 1.807) is 6.08 Å². The van der Waals surface area contributed by atoms with Gasteiger partial charge in [-0.25, -0.2) is 4.79 Å². The molecule has 6 heteroatoms. The Morgan fingerprint density at radius 1 is 1.12 bits per heavy atom. The Morgan fingerprint density at radius 3 is 2.38 bits per heavy atom. The molecule has 1 fully saturated rings. The molecule has 0 aromatic heterocycles. The molecule has 0 bridgehead atoms. The van der Waals surface area contributed by atoms with Gasteiger partial charge < -0.3 is 14.2 Å². The topological polar surface area (TPSA) is 78.9 Å². The number of carbonyl (C=O) groups excluding carboxylic acids is 3. The predicted molar refractivity (Wildman–Crippen MR) is 82.3 cm³/mol. The van der Waals surface area contributed by atoms with E-state index in [4.69, 9.17) is 14.2 Å². The molecule has 0 unspecified atom stereocenters. The first-order chi connectivity index (χ1) is 11.3. The zero-order valence-corrected chi connectivity index (χ0v) is 13.5. The van der Waals surface area contributed by atoms with Crippen LogP contribution in [0.25, 0.3) is 0 Å². The lowest BCUT2D eigenvalue weighted by Crippen LogP contribution is -2.53. The van der Waals surface area contributed by atoms with E-state index in [0.717, 1.165) is 5.56 Å². The maximum absolute atomic E-state index is 12.3. The summed E-state index contributed by atoms with van der Waals surface area (Å²) in [5.41, 5.74) is -0.312. The maximum Gasteiger partial charge on any atom is 0.334 e. The molecule has 2 aliphatic rings. The van der Waals surface area contributed by atoms with Crippen molar-refractivity contribution >= 4 is 17.9 Å². The van der Waals surface area contributed by atoms with Crippen LogP contribution in [0.15, 0.2) is 42.0 Å². The molecule has 0 radical (unpaired) electrons. The van der Waals surface area contributed by atoms with Crippen molar-refractivity contribution in [3.8, 4) is 0 Å². The Labute approximate surface area is 139 Å². The monoisotopic (exact) mass is 330 g/mol. The van der Waals surface area contributed by atoms with Crippen LogP contribution in [0.2, 0.25) is 0 Å². The van der Waals surface area contributed by atoms with Gasteiger partial charge in [-0.05, 0) is 12.0 Å². The first-order valence-electron chi connectivity index (χ1n) is 7.69. The zero-order chi connectivity index (χ0) is 17.4. The molecule has 3 rings (SSSR count). The largest absolute Gasteiger partial charge is 0.457 e. The van der Waals surface area contributed by atoms with Crippen molar-refractivity contribution in [2.24, 2.45) is 5.41 Å². The number of hydrogen-bond acceptors (Lipinski definition) is 6. The summed E-state index contributed by atoms with van der Waals surface area (Å²) in [4.78, 5) is 36.8. The van der Waals surface area contributed by atoms with Gasteiger partial charge in [-0.15, -0.1) is 0 Å². The van der Waals surface area contributed by atoms with Crippen LogP contribution in [0, 0.1) is 5.41 Å². The van der Waals surface area contributed by atoms with Gasteiger partial charge >= 0.3 is 17.9 Å². The van der Waals surface area contributed by atoms with Gasteiger partial charge in [0.2, 0.25) is 0 Å². The van der Waals surface area contributed by atoms with Crippen molar-refractivity contribution in [2.45, 2.75) is 39.1 Å². The van der Waals surface area contributed by atoms with Gasteiger partial charge in [-0.1, -0.05) is 36.4 Å². The minimum absolute atomic E-state index is 0.0611. The average molecular weight is 330 g/mol. The highest BCUT2D eigenvalue weighted by molar-refractivity contribution is 6.05. The van der Waals surface area contributed by atoms with Gasteiger partial charge in [0.1, 0.15) is 6.61 Å². The second-order valence-electron chi connectivity index (χ2n) is 6.43. The number of carbonyl (C=O) groups is 3. The molecule has 6 nitrogen and oxygen atoms in total. The maximum atomic E-state index is 12.3. The summed E-state index contributed by atoms with van der Waals surface area (Å²) in [6.45, 7) is 3.12. The van der Waals surface area contributed by atoms with Crippen LogP contribution in [0.4, 0.5) is 0 Å². The molecule has 24 heavy (non-hydrogen) atoms. The first kappa shape index (κ1) is 16.2. The van der Waals surface area contributed by atoms with Gasteiger partial charge in [0.05, 0.1) is 0 Å². The summed E-state index contributed by atoms with van der Waals surface area (Å²) in [6.07, 6.45) is 1.57. The summed E-state index contributed by atoms with van der Waals surface area (Å²) < 4.78 is 15.6. The molecule has 0 atom stereocenters. The minimum atomic E-state index is -1.46. The number of allylic oxidation sites excluding steroid dienone is 1. The van der Waals surface area contributed by atoms with Crippen LogP contribution in [0.5, 0.6) is 0 Å². The summed E-state index contributed by atoms with van der Waals surface area (Å²) >= 11 is 0. The predicted octanol–water partition coefficient (Wildman–Crippen LogP) is 2.27. The van der Waals surface area contributed by atoms with Crippen LogP contribution >= 0.6 is 0 Å². The van der Waals surface area contributed by atoms with Crippen LogP contribution in [-0.2, 0) is 35.2 Å². The van der Waals surface area contributed by atoms with E-state index in [-0.39, 0.29) is 19.4 Å². The molecule has 1 aliphatic carbocycles. The molecule has 0 amide bonds. The van der Waals surface area contributed by atoms with E-state index >= 15 is 0 Å². The molecule has 1 heterocycles. The normalized spacial score (nSPS) is 21.0. The van der Waals surface area contributed by atoms with Crippen molar-refractivity contribution in [1.82, 2.24) is 0 Å². The lowest BCUT2D eigenvalue weighted by Gasteiger charge is -2.38. The summed E-state index contributed by atoms with van der Waals surface area (Å²) in [5, 5.41) is 0. The highest BCUT2D eigenvalue weighted by atomic mass is 16.7. The standard InChI is InChI=1S/C18H18O6/c1-17(2)23-15(20)18(16(21)24-17)9-8-13(10-18)14(19)22-11-12-6-4-3-5-7-12/h3-8H,9-11H2,1-2H3. The first-order valence-corrected chi connectivity index (χ1v) is 7.69. The van der Waals surface area contributed by atoms with Crippen molar-refractivity contribution in [1.29, 1.82) is 0 Å². The molecule has 1 aromatic carbocycles. The van der Waals surface area contributed by atoms with Crippen molar-refractivity contribution < 1.29 is 28.6 Å². The molecule has 1 saturated heterocycles. The highest BCUT2D eigenvalue weighted by Gasteiger charge is 2.58. The fourth-order valence-electron chi connectivity index (χ4n) is 2.80. The number of esters is 3. The number of ether oxygens (including phenoxy) is 3. The fourth-order valence-corrected chi connectivity index (χ4v) is 2.80. The van der Waals surface area contributed by atoms with E-state index in [1.807, 2.05) is 30.3 Å². The van der Waals surface area contributed by atoms with E-state index in [2.05, 4.69) is 0 Å². The van der Waals surface area contributed by atoms with Crippen molar-refractivity contribution in [3.05, 3.63) is 47.5 Å². The molecular formula is C18H18O6. The molecule has 0 N–H and O–H groups in total. The second kappa shape index (κ2) is 5.78. The Hall–Kier alpha value is -2.63. The number of rotatable bonds is 3. The average Bonchev–Trinajstić information content (AvgIpc) is 2.98. The second-order valence-corrected chi connectivity index (χ2v) is 6.43. The molecule has 0 saturated carbocycles. The molecule has 1 aromatic rings. The fraction of sp³-hybridized carbons (Fsp3) is 0.389. The molecule has 126 valence electrons. The molecular weight excluding hydrogens is 312 g/mol. The van der Waals surface area contributed by atoms with Gasteiger partial charge in [0.15, 0.2) is 5.41 Å². The highest BCUT2D eigenvalue weighted by Crippen LogP contribution is 2.44. The third-order valence-corrected chi connectivity index (χ3v) is 4.12. The lowest BCUT2D eigenvalue weighted by molar-refractivity contribution is -0.250. The van der Waals surface area contributed by atoms with E-state index in [1.165, 1.54) is 13.8 Å². The van der Waals surface area contributed by atoms with Gasteiger partial charge in [0, 0.05) is 25.8 Å². The van der Waals surface area contributed by atoms with E-state index in [9.17, 15) is 14.4 Å². The van der Waals surface area contributed by atoms with Crippen LogP contribution in [0.3, 0.4) is 0 Å². The van der Waals surface area contributed by atoms with Crippen molar-refractivity contribution in [3.63, 3.8) is 0 Å². The summed E-state index contributed by atoms with van der Waals surface area (Å²) in [6, 6.07) is 9.26. The van der Waals surface area contributed by atoms with Crippen molar-refractivity contribution in [2.75, 3.05) is 0 Å². The lowest BCUT2D eigenvalue weighted by atomic mass is 9.83. The van der Waals surface area contributed by atoms with Gasteiger partial charge in [-0.2, -0.15) is 0 Å². The van der Waals surface area contributed by atoms with Gasteiger partial charge in [0.25, 0.3) is 5.79 Å².